The van der Waals surface area contributed by atoms with Crippen molar-refractivity contribution in [1.82, 2.24) is 5.32 Å². The zero-order valence-electron chi connectivity index (χ0n) is 8.21. The van der Waals surface area contributed by atoms with Crippen LogP contribution in [0.25, 0.3) is 0 Å². The largest absolute Gasteiger partial charge is 0.370 e. The Kier molecular flexibility index (Phi) is 5.67. The van der Waals surface area contributed by atoms with Gasteiger partial charge in [-0.2, -0.15) is 0 Å². The number of hydrogen-bond donors (Lipinski definition) is 3. The zero-order valence-corrected chi connectivity index (χ0v) is 8.21. The molecule has 0 bridgehead atoms. The molecule has 0 aromatic carbocycles. The average Bonchev–Trinajstić information content (AvgIpc) is 1.96. The van der Waals surface area contributed by atoms with Crippen LogP contribution in [0.4, 0.5) is 0 Å². The van der Waals surface area contributed by atoms with E-state index in [-0.39, 0.29) is 17.9 Å². The summed E-state index contributed by atoms with van der Waals surface area (Å²) in [7, 11) is 0. The van der Waals surface area contributed by atoms with Crippen molar-refractivity contribution in [2.45, 2.75) is 32.7 Å². The number of amides is 1. The Morgan fingerprint density at radius 2 is 2.15 bits per heavy atom. The summed E-state index contributed by atoms with van der Waals surface area (Å²) in [6, 6.07) is 0.187. The maximum atomic E-state index is 10.6. The van der Waals surface area contributed by atoms with Gasteiger partial charge in [-0.05, 0) is 19.8 Å². The van der Waals surface area contributed by atoms with Gasteiger partial charge in [0.05, 0.1) is 0 Å². The molecule has 5 N–H and O–H groups in total. The number of nitrogens with one attached hydrogen (secondary N) is 1. The molecule has 5 nitrogen and oxygen atoms in total. The molecule has 0 saturated heterocycles. The van der Waals surface area contributed by atoms with Crippen molar-refractivity contribution < 1.29 is 4.79 Å². The first-order valence-electron chi connectivity index (χ1n) is 4.35. The zero-order chi connectivity index (χ0) is 10.3. The van der Waals surface area contributed by atoms with Crippen LogP contribution < -0.4 is 16.8 Å². The SMILES string of the molecule is CC(=O)NC(C)CCCN=C(N)N. The van der Waals surface area contributed by atoms with Crippen molar-refractivity contribution in [2.24, 2.45) is 16.5 Å². The monoisotopic (exact) mass is 186 g/mol. The summed E-state index contributed by atoms with van der Waals surface area (Å²) in [5.74, 6) is 0.113. The summed E-state index contributed by atoms with van der Waals surface area (Å²) in [6.07, 6.45) is 1.76. The van der Waals surface area contributed by atoms with Gasteiger partial charge in [0, 0.05) is 19.5 Å². The second-order valence-electron chi connectivity index (χ2n) is 3.05. The molecule has 1 unspecified atom stereocenters. The highest BCUT2D eigenvalue weighted by atomic mass is 16.1. The van der Waals surface area contributed by atoms with Gasteiger partial charge in [-0.25, -0.2) is 0 Å². The summed E-state index contributed by atoms with van der Waals surface area (Å²) < 4.78 is 0. The number of carbonyl (C=O) groups is 1. The van der Waals surface area contributed by atoms with Gasteiger partial charge in [0.1, 0.15) is 0 Å². The van der Waals surface area contributed by atoms with Crippen molar-refractivity contribution in [3.8, 4) is 0 Å². The van der Waals surface area contributed by atoms with Crippen LogP contribution in [0, 0.1) is 0 Å². The molecule has 0 aromatic rings. The molecule has 0 saturated carbocycles. The average molecular weight is 186 g/mol. The minimum Gasteiger partial charge on any atom is -0.370 e. The first kappa shape index (κ1) is 11.7. The maximum absolute atomic E-state index is 10.6. The second-order valence-corrected chi connectivity index (χ2v) is 3.05. The fourth-order valence-electron chi connectivity index (χ4n) is 1.02. The molecule has 0 radical (unpaired) electrons. The number of aliphatic imine (C=N–C) groups is 1. The van der Waals surface area contributed by atoms with E-state index in [0.717, 1.165) is 12.8 Å². The van der Waals surface area contributed by atoms with Crippen LogP contribution in [0.3, 0.4) is 0 Å². The highest BCUT2D eigenvalue weighted by Crippen LogP contribution is 1.96. The molecule has 13 heavy (non-hydrogen) atoms. The fraction of sp³-hybridized carbons (Fsp3) is 0.750. The lowest BCUT2D eigenvalue weighted by atomic mass is 10.2. The van der Waals surface area contributed by atoms with Crippen molar-refractivity contribution in [1.29, 1.82) is 0 Å². The molecular formula is C8H18N4O. The number of nitrogens with two attached hydrogens (primary N) is 2. The van der Waals surface area contributed by atoms with Gasteiger partial charge >= 0.3 is 0 Å². The molecule has 0 fully saturated rings. The highest BCUT2D eigenvalue weighted by molar-refractivity contribution is 5.75. The van der Waals surface area contributed by atoms with Gasteiger partial charge in [0.15, 0.2) is 5.96 Å². The molecule has 0 aliphatic carbocycles. The van der Waals surface area contributed by atoms with E-state index in [0.29, 0.717) is 6.54 Å². The van der Waals surface area contributed by atoms with Crippen LogP contribution in [0.5, 0.6) is 0 Å². The first-order chi connectivity index (χ1) is 6.02. The summed E-state index contributed by atoms with van der Waals surface area (Å²) >= 11 is 0. The van der Waals surface area contributed by atoms with Crippen LogP contribution in [0.15, 0.2) is 4.99 Å². The lowest BCUT2D eigenvalue weighted by Gasteiger charge is -2.10. The number of hydrogen-bond acceptors (Lipinski definition) is 2. The fourth-order valence-corrected chi connectivity index (χ4v) is 1.02. The third kappa shape index (κ3) is 8.65. The van der Waals surface area contributed by atoms with Crippen LogP contribution in [-0.4, -0.2) is 24.5 Å². The Bertz CT molecular complexity index is 187. The Balaban J connectivity index is 3.42. The standard InChI is InChI=1S/C8H18N4O/c1-6(12-7(2)13)4-3-5-11-8(9)10/h6H,3-5H2,1-2H3,(H,12,13)(H4,9,10,11). The van der Waals surface area contributed by atoms with Crippen molar-refractivity contribution in [3.63, 3.8) is 0 Å². The molecule has 0 spiro atoms. The number of rotatable bonds is 5. The van der Waals surface area contributed by atoms with E-state index in [2.05, 4.69) is 10.3 Å². The second kappa shape index (κ2) is 6.28. The minimum absolute atomic E-state index is 0.00524. The minimum atomic E-state index is -0.00524. The molecule has 0 rings (SSSR count). The van der Waals surface area contributed by atoms with Gasteiger partial charge < -0.3 is 16.8 Å². The quantitative estimate of drug-likeness (QED) is 0.309. The molecule has 5 heteroatoms. The van der Waals surface area contributed by atoms with E-state index in [1.807, 2.05) is 6.92 Å². The van der Waals surface area contributed by atoms with Crippen molar-refractivity contribution in [2.75, 3.05) is 6.54 Å². The summed E-state index contributed by atoms with van der Waals surface area (Å²) in [5, 5.41) is 2.78. The van der Waals surface area contributed by atoms with Crippen LogP contribution >= 0.6 is 0 Å². The topological polar surface area (TPSA) is 93.5 Å². The molecule has 0 aliphatic heterocycles. The molecule has 76 valence electrons. The predicted octanol–water partition coefficient (Wildman–Crippen LogP) is -0.435. The number of nitrogens with zero attached hydrogens (tertiary/aromatic N) is 1. The van der Waals surface area contributed by atoms with E-state index in [1.54, 1.807) is 0 Å². The van der Waals surface area contributed by atoms with Gasteiger partial charge in [-0.15, -0.1) is 0 Å². The van der Waals surface area contributed by atoms with Gasteiger partial charge in [-0.3, -0.25) is 9.79 Å². The lowest BCUT2D eigenvalue weighted by Crippen LogP contribution is -2.30. The Morgan fingerprint density at radius 3 is 2.62 bits per heavy atom. The summed E-state index contributed by atoms with van der Waals surface area (Å²) in [6.45, 7) is 4.08. The summed E-state index contributed by atoms with van der Waals surface area (Å²) in [5.41, 5.74) is 10.3. The molecule has 0 heterocycles. The predicted molar refractivity (Wildman–Crippen MR) is 53.2 cm³/mol. The van der Waals surface area contributed by atoms with E-state index >= 15 is 0 Å². The van der Waals surface area contributed by atoms with E-state index in [9.17, 15) is 4.79 Å². The van der Waals surface area contributed by atoms with Gasteiger partial charge in [0.25, 0.3) is 0 Å². The van der Waals surface area contributed by atoms with Crippen LogP contribution in [0.1, 0.15) is 26.7 Å². The molecular weight excluding hydrogens is 168 g/mol. The van der Waals surface area contributed by atoms with E-state index < -0.39 is 0 Å². The number of guanidine groups is 1. The van der Waals surface area contributed by atoms with E-state index in [4.69, 9.17) is 11.5 Å². The van der Waals surface area contributed by atoms with Crippen molar-refractivity contribution in [3.05, 3.63) is 0 Å². The smallest absolute Gasteiger partial charge is 0.217 e. The maximum Gasteiger partial charge on any atom is 0.217 e. The third-order valence-corrected chi connectivity index (χ3v) is 1.54. The highest BCUT2D eigenvalue weighted by Gasteiger charge is 2.01. The van der Waals surface area contributed by atoms with Gasteiger partial charge in [0.2, 0.25) is 5.91 Å². The Morgan fingerprint density at radius 1 is 1.54 bits per heavy atom. The molecule has 1 amide bonds. The molecule has 0 aliphatic rings. The molecule has 0 aromatic heterocycles. The molecule has 1 atom stereocenters. The lowest BCUT2D eigenvalue weighted by molar-refractivity contribution is -0.119. The third-order valence-electron chi connectivity index (χ3n) is 1.54. The Hall–Kier alpha value is -1.26. The number of carbonyl (C=O) groups excluding carboxylic acids is 1. The Labute approximate surface area is 78.6 Å². The summed E-state index contributed by atoms with van der Waals surface area (Å²) in [4.78, 5) is 14.5. The van der Waals surface area contributed by atoms with Crippen LogP contribution in [-0.2, 0) is 4.79 Å². The van der Waals surface area contributed by atoms with Crippen molar-refractivity contribution >= 4 is 11.9 Å². The normalized spacial score (nSPS) is 11.8. The van der Waals surface area contributed by atoms with Gasteiger partial charge in [-0.1, -0.05) is 0 Å². The van der Waals surface area contributed by atoms with E-state index in [1.165, 1.54) is 6.92 Å². The first-order valence-corrected chi connectivity index (χ1v) is 4.35. The van der Waals surface area contributed by atoms with Crippen LogP contribution in [0.2, 0.25) is 0 Å².